The minimum atomic E-state index is -0.0384. The molecule has 0 radical (unpaired) electrons. The maximum atomic E-state index is 12.8. The average Bonchev–Trinajstić information content (AvgIpc) is 2.86. The van der Waals surface area contributed by atoms with Crippen LogP contribution in [0, 0.1) is 0 Å². The largest absolute Gasteiger partial charge is 0.372 e. The normalized spacial score (nSPS) is 22.2. The van der Waals surface area contributed by atoms with Crippen molar-refractivity contribution in [1.82, 2.24) is 4.90 Å². The molecule has 0 aromatic heterocycles. The van der Waals surface area contributed by atoms with Crippen molar-refractivity contribution in [3.63, 3.8) is 0 Å². The molecule has 4 heteroatoms. The standard InChI is InChI=1S/C20H19NO3/c1-12-10-21(11-13(2)24-12)20(23)14-7-8-16-15-5-3-4-6-17(15)19(22)18(16)9-14/h3-9,12-13H,10-11H2,1-2H3/t12-,13+. The van der Waals surface area contributed by atoms with Gasteiger partial charge in [-0.05, 0) is 37.1 Å². The van der Waals surface area contributed by atoms with Crippen LogP contribution in [-0.4, -0.2) is 41.9 Å². The van der Waals surface area contributed by atoms with E-state index in [1.807, 2.05) is 55.1 Å². The summed E-state index contributed by atoms with van der Waals surface area (Å²) >= 11 is 0. The Balaban J connectivity index is 1.68. The minimum absolute atomic E-state index is 0.000960. The Morgan fingerprint density at radius 2 is 1.58 bits per heavy atom. The predicted molar refractivity (Wildman–Crippen MR) is 91.2 cm³/mol. The Morgan fingerprint density at radius 1 is 0.958 bits per heavy atom. The second-order valence-corrected chi connectivity index (χ2v) is 6.60. The first-order valence-corrected chi connectivity index (χ1v) is 8.27. The number of hydrogen-bond acceptors (Lipinski definition) is 3. The molecule has 122 valence electrons. The van der Waals surface area contributed by atoms with Gasteiger partial charge in [0.2, 0.25) is 0 Å². The van der Waals surface area contributed by atoms with Crippen molar-refractivity contribution < 1.29 is 14.3 Å². The van der Waals surface area contributed by atoms with E-state index in [9.17, 15) is 9.59 Å². The van der Waals surface area contributed by atoms with Crippen molar-refractivity contribution in [2.24, 2.45) is 0 Å². The van der Waals surface area contributed by atoms with E-state index in [1.54, 1.807) is 6.07 Å². The number of ketones is 1. The molecule has 2 aliphatic rings. The molecule has 1 fully saturated rings. The van der Waals surface area contributed by atoms with Crippen LogP contribution >= 0.6 is 0 Å². The quantitative estimate of drug-likeness (QED) is 0.692. The van der Waals surface area contributed by atoms with Crippen molar-refractivity contribution in [1.29, 1.82) is 0 Å². The molecule has 0 saturated carbocycles. The fourth-order valence-electron chi connectivity index (χ4n) is 3.69. The molecule has 0 bridgehead atoms. The van der Waals surface area contributed by atoms with E-state index in [2.05, 4.69) is 0 Å². The van der Waals surface area contributed by atoms with Gasteiger partial charge in [0.1, 0.15) is 0 Å². The summed E-state index contributed by atoms with van der Waals surface area (Å²) in [7, 11) is 0. The van der Waals surface area contributed by atoms with Crippen molar-refractivity contribution in [2.45, 2.75) is 26.1 Å². The Kier molecular flexibility index (Phi) is 3.50. The molecule has 1 aliphatic carbocycles. The van der Waals surface area contributed by atoms with Crippen molar-refractivity contribution >= 4 is 11.7 Å². The first kappa shape index (κ1) is 15.1. The topological polar surface area (TPSA) is 46.6 Å². The van der Waals surface area contributed by atoms with Crippen molar-refractivity contribution in [3.05, 3.63) is 59.2 Å². The zero-order chi connectivity index (χ0) is 16.8. The van der Waals surface area contributed by atoms with Crippen LogP contribution in [0.15, 0.2) is 42.5 Å². The third kappa shape index (κ3) is 2.34. The fourth-order valence-corrected chi connectivity index (χ4v) is 3.69. The highest BCUT2D eigenvalue weighted by molar-refractivity contribution is 6.22. The molecular weight excluding hydrogens is 302 g/mol. The van der Waals surface area contributed by atoms with E-state index in [-0.39, 0.29) is 23.9 Å². The lowest BCUT2D eigenvalue weighted by molar-refractivity contribution is -0.0586. The van der Waals surface area contributed by atoms with Gasteiger partial charge in [0.25, 0.3) is 5.91 Å². The van der Waals surface area contributed by atoms with Crippen LogP contribution in [0.5, 0.6) is 0 Å². The summed E-state index contributed by atoms with van der Waals surface area (Å²) in [5, 5.41) is 0. The maximum Gasteiger partial charge on any atom is 0.254 e. The van der Waals surface area contributed by atoms with Crippen LogP contribution in [-0.2, 0) is 4.74 Å². The van der Waals surface area contributed by atoms with Crippen LogP contribution in [0.25, 0.3) is 11.1 Å². The number of ether oxygens (including phenoxy) is 1. The zero-order valence-electron chi connectivity index (χ0n) is 13.8. The summed E-state index contributed by atoms with van der Waals surface area (Å²) in [6.45, 7) is 5.10. The summed E-state index contributed by atoms with van der Waals surface area (Å²) in [6.07, 6.45) is 0.0519. The molecule has 4 rings (SSSR count). The minimum Gasteiger partial charge on any atom is -0.372 e. The van der Waals surface area contributed by atoms with Gasteiger partial charge in [-0.25, -0.2) is 0 Å². The molecule has 2 aromatic carbocycles. The number of benzene rings is 2. The predicted octanol–water partition coefficient (Wildman–Crippen LogP) is 3.15. The molecule has 0 unspecified atom stereocenters. The van der Waals surface area contributed by atoms with Crippen LogP contribution in [0.2, 0.25) is 0 Å². The van der Waals surface area contributed by atoms with Gasteiger partial charge in [-0.2, -0.15) is 0 Å². The van der Waals surface area contributed by atoms with Gasteiger partial charge in [0.05, 0.1) is 12.2 Å². The highest BCUT2D eigenvalue weighted by Gasteiger charge is 2.30. The summed E-state index contributed by atoms with van der Waals surface area (Å²) < 4.78 is 5.69. The Labute approximate surface area is 141 Å². The summed E-state index contributed by atoms with van der Waals surface area (Å²) in [4.78, 5) is 27.2. The SMILES string of the molecule is C[C@@H]1CN(C(=O)c2ccc3c(c2)C(=O)c2ccccc2-3)C[C@H](C)O1. The number of amides is 1. The molecule has 1 saturated heterocycles. The van der Waals surface area contributed by atoms with E-state index in [0.29, 0.717) is 29.8 Å². The molecule has 0 spiro atoms. The second-order valence-electron chi connectivity index (χ2n) is 6.60. The smallest absolute Gasteiger partial charge is 0.254 e. The molecule has 1 heterocycles. The van der Waals surface area contributed by atoms with Crippen molar-refractivity contribution in [2.75, 3.05) is 13.1 Å². The van der Waals surface area contributed by atoms with Gasteiger partial charge in [0.15, 0.2) is 5.78 Å². The molecule has 2 aromatic rings. The van der Waals surface area contributed by atoms with E-state index < -0.39 is 0 Å². The molecular formula is C20H19NO3. The molecule has 0 N–H and O–H groups in total. The monoisotopic (exact) mass is 321 g/mol. The number of fused-ring (bicyclic) bond motifs is 3. The lowest BCUT2D eigenvalue weighted by atomic mass is 10.0. The van der Waals surface area contributed by atoms with Gasteiger partial charge in [-0.15, -0.1) is 0 Å². The van der Waals surface area contributed by atoms with E-state index in [4.69, 9.17) is 4.74 Å². The molecule has 1 amide bonds. The molecule has 4 nitrogen and oxygen atoms in total. The van der Waals surface area contributed by atoms with E-state index >= 15 is 0 Å². The molecule has 1 aliphatic heterocycles. The lowest BCUT2D eigenvalue weighted by Crippen LogP contribution is -2.48. The first-order chi connectivity index (χ1) is 11.5. The fraction of sp³-hybridized carbons (Fsp3) is 0.300. The van der Waals surface area contributed by atoms with Crippen LogP contribution in [0.1, 0.15) is 40.1 Å². The van der Waals surface area contributed by atoms with Gasteiger partial charge in [-0.1, -0.05) is 30.3 Å². The Bertz CT molecular complexity index is 833. The number of rotatable bonds is 1. The van der Waals surface area contributed by atoms with Crippen LogP contribution < -0.4 is 0 Å². The number of carbonyl (C=O) groups is 2. The van der Waals surface area contributed by atoms with Crippen LogP contribution in [0.4, 0.5) is 0 Å². The van der Waals surface area contributed by atoms with Gasteiger partial charge in [0, 0.05) is 29.8 Å². The molecule has 2 atom stereocenters. The van der Waals surface area contributed by atoms with E-state index in [1.165, 1.54) is 0 Å². The Morgan fingerprint density at radius 3 is 2.29 bits per heavy atom. The second kappa shape index (κ2) is 5.56. The van der Waals surface area contributed by atoms with Gasteiger partial charge >= 0.3 is 0 Å². The molecule has 24 heavy (non-hydrogen) atoms. The third-order valence-corrected chi connectivity index (χ3v) is 4.68. The van der Waals surface area contributed by atoms with Crippen LogP contribution in [0.3, 0.4) is 0 Å². The Hall–Kier alpha value is -2.46. The van der Waals surface area contributed by atoms with E-state index in [0.717, 1.165) is 11.1 Å². The maximum absolute atomic E-state index is 12.8. The number of carbonyl (C=O) groups excluding carboxylic acids is 2. The number of hydrogen-bond donors (Lipinski definition) is 0. The van der Waals surface area contributed by atoms with Crippen molar-refractivity contribution in [3.8, 4) is 11.1 Å². The third-order valence-electron chi connectivity index (χ3n) is 4.68. The van der Waals surface area contributed by atoms with Gasteiger partial charge in [-0.3, -0.25) is 9.59 Å². The summed E-state index contributed by atoms with van der Waals surface area (Å²) in [5.74, 6) is -0.0393. The zero-order valence-corrected chi connectivity index (χ0v) is 13.8. The number of nitrogens with zero attached hydrogens (tertiary/aromatic N) is 1. The first-order valence-electron chi connectivity index (χ1n) is 8.27. The highest BCUT2D eigenvalue weighted by Crippen LogP contribution is 2.36. The number of morpholine rings is 1. The summed E-state index contributed by atoms with van der Waals surface area (Å²) in [6, 6.07) is 13.0. The van der Waals surface area contributed by atoms with Gasteiger partial charge < -0.3 is 9.64 Å². The summed E-state index contributed by atoms with van der Waals surface area (Å²) in [5.41, 5.74) is 3.76. The average molecular weight is 321 g/mol. The highest BCUT2D eigenvalue weighted by atomic mass is 16.5. The lowest BCUT2D eigenvalue weighted by Gasteiger charge is -2.35.